The molecular formula is C22H20Cl3F3N2O2. The molecule has 4 nitrogen and oxygen atoms in total. The summed E-state index contributed by atoms with van der Waals surface area (Å²) in [6.07, 6.45) is -2.75. The number of rotatable bonds is 6. The van der Waals surface area contributed by atoms with Crippen molar-refractivity contribution in [3.05, 3.63) is 68.2 Å². The molecule has 2 N–H and O–H groups in total. The van der Waals surface area contributed by atoms with E-state index in [2.05, 4.69) is 10.6 Å². The molecule has 1 saturated carbocycles. The Labute approximate surface area is 198 Å². The first-order valence-corrected chi connectivity index (χ1v) is 11.0. The van der Waals surface area contributed by atoms with Crippen LogP contribution in [0.2, 0.25) is 15.1 Å². The average Bonchev–Trinajstić information content (AvgIpc) is 3.19. The zero-order valence-electron chi connectivity index (χ0n) is 16.7. The Bertz CT molecular complexity index is 994. The van der Waals surface area contributed by atoms with Crippen LogP contribution >= 0.6 is 34.8 Å². The molecule has 172 valence electrons. The van der Waals surface area contributed by atoms with E-state index in [1.807, 2.05) is 0 Å². The summed E-state index contributed by atoms with van der Waals surface area (Å²) in [5.74, 6) is -1.75. The lowest BCUT2D eigenvalue weighted by Gasteiger charge is -2.19. The maximum Gasteiger partial charge on any atom is 0.416 e. The summed E-state index contributed by atoms with van der Waals surface area (Å²) >= 11 is 17.9. The number of hydrogen-bond donors (Lipinski definition) is 2. The van der Waals surface area contributed by atoms with E-state index < -0.39 is 23.6 Å². The van der Waals surface area contributed by atoms with E-state index in [0.29, 0.717) is 29.3 Å². The van der Waals surface area contributed by atoms with Gasteiger partial charge in [0.25, 0.3) is 0 Å². The fourth-order valence-electron chi connectivity index (χ4n) is 3.82. The summed E-state index contributed by atoms with van der Waals surface area (Å²) in [6.45, 7) is 0.0528. The average molecular weight is 508 g/mol. The fraction of sp³-hybridized carbons (Fsp3) is 0.364. The van der Waals surface area contributed by atoms with Crippen molar-refractivity contribution in [1.82, 2.24) is 10.6 Å². The van der Waals surface area contributed by atoms with Crippen LogP contribution in [0, 0.1) is 11.8 Å². The Morgan fingerprint density at radius 1 is 0.875 bits per heavy atom. The number of carbonyl (C=O) groups excluding carboxylic acids is 2. The summed E-state index contributed by atoms with van der Waals surface area (Å²) in [5, 5.41) is 6.46. The number of carbonyl (C=O) groups is 2. The first-order chi connectivity index (χ1) is 15.0. The lowest BCUT2D eigenvalue weighted by atomic mass is 9.94. The third-order valence-electron chi connectivity index (χ3n) is 5.40. The maximum absolute atomic E-state index is 12.9. The molecule has 0 heterocycles. The molecule has 1 unspecified atom stereocenters. The van der Waals surface area contributed by atoms with Gasteiger partial charge in [0.15, 0.2) is 0 Å². The molecule has 2 aromatic rings. The summed E-state index contributed by atoms with van der Waals surface area (Å²) in [5.41, 5.74) is 0.0473. The predicted molar refractivity (Wildman–Crippen MR) is 117 cm³/mol. The number of halogens is 6. The van der Waals surface area contributed by atoms with Crippen molar-refractivity contribution in [1.29, 1.82) is 0 Å². The predicted octanol–water partition coefficient (Wildman–Crippen LogP) is 6.01. The van der Waals surface area contributed by atoms with Gasteiger partial charge in [-0.05, 0) is 60.4 Å². The third kappa shape index (κ3) is 6.30. The van der Waals surface area contributed by atoms with Crippen LogP contribution in [0.25, 0.3) is 0 Å². The normalized spacial score (nSPS) is 18.4. The molecule has 10 heteroatoms. The van der Waals surface area contributed by atoms with Crippen LogP contribution in [0.15, 0.2) is 36.4 Å². The first kappa shape index (κ1) is 24.7. The smallest absolute Gasteiger partial charge is 0.352 e. The lowest BCUT2D eigenvalue weighted by Crippen LogP contribution is -2.39. The van der Waals surface area contributed by atoms with Gasteiger partial charge >= 0.3 is 6.18 Å². The molecular weight excluding hydrogens is 488 g/mol. The van der Waals surface area contributed by atoms with E-state index in [1.165, 1.54) is 0 Å². The minimum absolute atomic E-state index is 0.124. The highest BCUT2D eigenvalue weighted by Gasteiger charge is 2.37. The van der Waals surface area contributed by atoms with Gasteiger partial charge in [-0.15, -0.1) is 0 Å². The van der Waals surface area contributed by atoms with Gasteiger partial charge in [0.05, 0.1) is 5.56 Å². The molecule has 0 spiro atoms. The van der Waals surface area contributed by atoms with Crippen molar-refractivity contribution in [2.24, 2.45) is 11.8 Å². The standard InChI is InChI=1S/C22H20Cl3F3N2O2/c23-15-6-12(7-16(24)9-15)10-29-20(31)17-2-1-3-18(17)21(32)30-11-13-8-14(22(26,27)28)4-5-19(13)25/h4-9,17-18H,1-3,10-11H2,(H,29,31)(H,30,32)/t17-,18?/m1/s1. The van der Waals surface area contributed by atoms with Gasteiger partial charge in [-0.2, -0.15) is 13.2 Å². The van der Waals surface area contributed by atoms with Crippen LogP contribution in [0.3, 0.4) is 0 Å². The number of alkyl halides is 3. The van der Waals surface area contributed by atoms with E-state index in [-0.39, 0.29) is 35.5 Å². The van der Waals surface area contributed by atoms with Gasteiger partial charge < -0.3 is 10.6 Å². The summed E-state index contributed by atoms with van der Waals surface area (Å²) in [7, 11) is 0. The van der Waals surface area contributed by atoms with E-state index in [1.54, 1.807) is 18.2 Å². The van der Waals surface area contributed by atoms with Gasteiger partial charge in [-0.1, -0.05) is 41.2 Å². The van der Waals surface area contributed by atoms with Gasteiger partial charge in [0, 0.05) is 40.0 Å². The van der Waals surface area contributed by atoms with Crippen LogP contribution < -0.4 is 10.6 Å². The molecule has 1 fully saturated rings. The zero-order chi connectivity index (χ0) is 23.5. The molecule has 32 heavy (non-hydrogen) atoms. The van der Waals surface area contributed by atoms with E-state index in [4.69, 9.17) is 34.8 Å². The molecule has 0 aromatic heterocycles. The van der Waals surface area contributed by atoms with E-state index in [9.17, 15) is 22.8 Å². The Hall–Kier alpha value is -1.96. The molecule has 3 rings (SSSR count). The lowest BCUT2D eigenvalue weighted by molar-refractivity contribution is -0.137. The fourth-order valence-corrected chi connectivity index (χ4v) is 4.58. The zero-order valence-corrected chi connectivity index (χ0v) is 19.0. The van der Waals surface area contributed by atoms with Crippen molar-refractivity contribution < 1.29 is 22.8 Å². The quantitative estimate of drug-likeness (QED) is 0.503. The highest BCUT2D eigenvalue weighted by atomic mass is 35.5. The first-order valence-electron chi connectivity index (χ1n) is 9.90. The van der Waals surface area contributed by atoms with Crippen molar-refractivity contribution in [3.8, 4) is 0 Å². The highest BCUT2D eigenvalue weighted by molar-refractivity contribution is 6.34. The number of nitrogens with one attached hydrogen (secondary N) is 2. The van der Waals surface area contributed by atoms with Crippen LogP contribution in [-0.2, 0) is 28.9 Å². The Morgan fingerprint density at radius 2 is 1.44 bits per heavy atom. The summed E-state index contributed by atoms with van der Waals surface area (Å²) in [6, 6.07) is 7.91. The largest absolute Gasteiger partial charge is 0.416 e. The highest BCUT2D eigenvalue weighted by Crippen LogP contribution is 2.34. The van der Waals surface area contributed by atoms with Crippen molar-refractivity contribution in [2.75, 3.05) is 0 Å². The maximum atomic E-state index is 12.9. The molecule has 2 atom stereocenters. The van der Waals surface area contributed by atoms with Crippen molar-refractivity contribution in [2.45, 2.75) is 38.5 Å². The molecule has 1 aliphatic rings. The number of amides is 2. The van der Waals surface area contributed by atoms with Crippen LogP contribution in [0.4, 0.5) is 13.2 Å². The molecule has 0 aliphatic heterocycles. The van der Waals surface area contributed by atoms with Gasteiger partial charge in [0.2, 0.25) is 11.8 Å². The molecule has 2 aromatic carbocycles. The second-order valence-corrected chi connectivity index (χ2v) is 8.94. The Morgan fingerprint density at radius 3 is 2.00 bits per heavy atom. The second kappa shape index (κ2) is 10.3. The van der Waals surface area contributed by atoms with Gasteiger partial charge in [0.1, 0.15) is 0 Å². The summed E-state index contributed by atoms with van der Waals surface area (Å²) in [4.78, 5) is 25.4. The topological polar surface area (TPSA) is 58.2 Å². The number of hydrogen-bond acceptors (Lipinski definition) is 2. The Balaban J connectivity index is 1.60. The minimum Gasteiger partial charge on any atom is -0.352 e. The van der Waals surface area contributed by atoms with Crippen molar-refractivity contribution >= 4 is 46.6 Å². The van der Waals surface area contributed by atoms with E-state index >= 15 is 0 Å². The summed E-state index contributed by atoms with van der Waals surface area (Å²) < 4.78 is 38.8. The van der Waals surface area contributed by atoms with E-state index in [0.717, 1.165) is 23.8 Å². The Kier molecular flexibility index (Phi) is 7.96. The van der Waals surface area contributed by atoms with Crippen LogP contribution in [-0.4, -0.2) is 11.8 Å². The van der Waals surface area contributed by atoms with Crippen LogP contribution in [0.1, 0.15) is 36.0 Å². The molecule has 0 radical (unpaired) electrons. The molecule has 1 aliphatic carbocycles. The molecule has 0 saturated heterocycles. The molecule has 2 amide bonds. The number of benzene rings is 2. The SMILES string of the molecule is O=C(NCc1cc(C(F)(F)F)ccc1Cl)C1CCC[C@H]1C(=O)NCc1cc(Cl)cc(Cl)c1. The monoisotopic (exact) mass is 506 g/mol. The van der Waals surface area contributed by atoms with Gasteiger partial charge in [-0.3, -0.25) is 9.59 Å². The minimum atomic E-state index is -4.51. The van der Waals surface area contributed by atoms with Crippen LogP contribution in [0.5, 0.6) is 0 Å². The molecule has 0 bridgehead atoms. The van der Waals surface area contributed by atoms with Gasteiger partial charge in [-0.25, -0.2) is 0 Å². The van der Waals surface area contributed by atoms with Crippen molar-refractivity contribution in [3.63, 3.8) is 0 Å². The third-order valence-corrected chi connectivity index (χ3v) is 6.21. The second-order valence-electron chi connectivity index (χ2n) is 7.66.